The van der Waals surface area contributed by atoms with Crippen molar-refractivity contribution in [2.45, 2.75) is 37.6 Å². The molecule has 0 amide bonds. The van der Waals surface area contributed by atoms with E-state index in [-0.39, 0.29) is 0 Å². The van der Waals surface area contributed by atoms with Gasteiger partial charge in [0.2, 0.25) is 0 Å². The van der Waals surface area contributed by atoms with E-state index in [4.69, 9.17) is 0 Å². The summed E-state index contributed by atoms with van der Waals surface area (Å²) in [6.07, 6.45) is 8.29. The molecule has 1 N–H and O–H groups in total. The lowest BCUT2D eigenvalue weighted by Crippen LogP contribution is -2.32. The molecule has 2 heterocycles. The average molecular weight is 267 g/mol. The quantitative estimate of drug-likeness (QED) is 0.905. The molecule has 3 nitrogen and oxygen atoms in total. The van der Waals surface area contributed by atoms with Crippen LogP contribution in [0.3, 0.4) is 0 Å². The maximum atomic E-state index is 4.61. The number of hydrogen-bond donors (Lipinski definition) is 1. The average Bonchev–Trinajstić information content (AvgIpc) is 2.93. The van der Waals surface area contributed by atoms with Crippen molar-refractivity contribution in [3.8, 4) is 0 Å². The second-order valence-corrected chi connectivity index (χ2v) is 5.45. The first kappa shape index (κ1) is 13.3. The van der Waals surface area contributed by atoms with Gasteiger partial charge in [-0.1, -0.05) is 12.1 Å². The van der Waals surface area contributed by atoms with Gasteiger partial charge in [-0.3, -0.25) is 9.97 Å². The molecule has 2 unspecified atom stereocenters. The highest BCUT2D eigenvalue weighted by Crippen LogP contribution is 2.34. The van der Waals surface area contributed by atoms with Crippen LogP contribution in [0.2, 0.25) is 0 Å². The molecule has 0 saturated carbocycles. The zero-order chi connectivity index (χ0) is 13.8. The third-order valence-electron chi connectivity index (χ3n) is 4.30. The first-order valence-corrected chi connectivity index (χ1v) is 7.39. The van der Waals surface area contributed by atoms with Gasteiger partial charge in [0.25, 0.3) is 0 Å². The van der Waals surface area contributed by atoms with Gasteiger partial charge < -0.3 is 5.32 Å². The molecular formula is C17H21N3. The SMILES string of the molecule is CNC(CCc1ccccn1)C1CCc2cccnc21. The van der Waals surface area contributed by atoms with Gasteiger partial charge in [-0.05, 0) is 56.5 Å². The minimum absolute atomic E-state index is 0.480. The highest BCUT2D eigenvalue weighted by Gasteiger charge is 2.29. The first-order chi connectivity index (χ1) is 9.88. The molecule has 20 heavy (non-hydrogen) atoms. The number of aromatic nitrogens is 2. The van der Waals surface area contributed by atoms with Crippen molar-refractivity contribution in [1.29, 1.82) is 0 Å². The zero-order valence-electron chi connectivity index (χ0n) is 11.9. The Hall–Kier alpha value is -1.74. The fraction of sp³-hybridized carbons (Fsp3) is 0.412. The number of nitrogens with zero attached hydrogens (tertiary/aromatic N) is 2. The standard InChI is InChI=1S/C17H21N3/c1-18-16(10-8-14-6-2-3-11-19-14)15-9-7-13-5-4-12-20-17(13)15/h2-6,11-12,15-16,18H,7-10H2,1H3. The van der Waals surface area contributed by atoms with Crippen LogP contribution in [-0.4, -0.2) is 23.1 Å². The summed E-state index contributed by atoms with van der Waals surface area (Å²) in [5.74, 6) is 0.542. The van der Waals surface area contributed by atoms with Gasteiger partial charge in [-0.15, -0.1) is 0 Å². The summed E-state index contributed by atoms with van der Waals surface area (Å²) >= 11 is 0. The highest BCUT2D eigenvalue weighted by molar-refractivity contribution is 5.30. The van der Waals surface area contributed by atoms with Crippen LogP contribution in [-0.2, 0) is 12.8 Å². The number of rotatable bonds is 5. The van der Waals surface area contributed by atoms with Gasteiger partial charge in [-0.25, -0.2) is 0 Å². The predicted octanol–water partition coefficient (Wildman–Crippen LogP) is 2.73. The lowest BCUT2D eigenvalue weighted by Gasteiger charge is -2.23. The van der Waals surface area contributed by atoms with E-state index in [1.165, 1.54) is 23.4 Å². The Morgan fingerprint density at radius 2 is 2.10 bits per heavy atom. The van der Waals surface area contributed by atoms with Crippen LogP contribution >= 0.6 is 0 Å². The second-order valence-electron chi connectivity index (χ2n) is 5.45. The Kier molecular flexibility index (Phi) is 4.07. The molecule has 2 aromatic rings. The van der Waals surface area contributed by atoms with Gasteiger partial charge >= 0.3 is 0 Å². The van der Waals surface area contributed by atoms with E-state index in [1.54, 1.807) is 0 Å². The van der Waals surface area contributed by atoms with Crippen molar-refractivity contribution in [1.82, 2.24) is 15.3 Å². The molecule has 0 fully saturated rings. The Balaban J connectivity index is 1.69. The van der Waals surface area contributed by atoms with Crippen molar-refractivity contribution >= 4 is 0 Å². The number of pyridine rings is 2. The third-order valence-corrected chi connectivity index (χ3v) is 4.30. The minimum atomic E-state index is 0.480. The van der Waals surface area contributed by atoms with E-state index in [2.05, 4.69) is 40.5 Å². The fourth-order valence-corrected chi connectivity index (χ4v) is 3.23. The summed E-state index contributed by atoms with van der Waals surface area (Å²) in [6, 6.07) is 10.9. The maximum absolute atomic E-state index is 4.61. The second kappa shape index (κ2) is 6.14. The summed E-state index contributed by atoms with van der Waals surface area (Å²) in [6.45, 7) is 0. The van der Waals surface area contributed by atoms with Gasteiger partial charge in [0, 0.05) is 35.7 Å². The number of nitrogens with one attached hydrogen (secondary N) is 1. The molecule has 104 valence electrons. The van der Waals surface area contributed by atoms with Crippen molar-refractivity contribution < 1.29 is 0 Å². The molecule has 0 saturated heterocycles. The molecule has 2 atom stereocenters. The molecule has 1 aliphatic carbocycles. The van der Waals surface area contributed by atoms with E-state index in [1.807, 2.05) is 24.5 Å². The van der Waals surface area contributed by atoms with Crippen molar-refractivity contribution in [2.24, 2.45) is 0 Å². The molecule has 3 heteroatoms. The number of likely N-dealkylation sites (N-methyl/N-ethyl adjacent to an activating group) is 1. The van der Waals surface area contributed by atoms with Gasteiger partial charge in [0.05, 0.1) is 0 Å². The topological polar surface area (TPSA) is 37.8 Å². The molecule has 0 aliphatic heterocycles. The summed E-state index contributed by atoms with van der Waals surface area (Å²) in [7, 11) is 2.06. The predicted molar refractivity (Wildman–Crippen MR) is 80.7 cm³/mol. The third kappa shape index (κ3) is 2.73. The van der Waals surface area contributed by atoms with Crippen LogP contribution < -0.4 is 5.32 Å². The molecular weight excluding hydrogens is 246 g/mol. The van der Waals surface area contributed by atoms with Crippen molar-refractivity contribution in [3.63, 3.8) is 0 Å². The molecule has 0 aromatic carbocycles. The molecule has 0 radical (unpaired) electrons. The van der Waals surface area contributed by atoms with Crippen LogP contribution in [0.5, 0.6) is 0 Å². The van der Waals surface area contributed by atoms with E-state index >= 15 is 0 Å². The number of fused-ring (bicyclic) bond motifs is 1. The maximum Gasteiger partial charge on any atom is 0.0482 e. The number of aryl methyl sites for hydroxylation is 2. The van der Waals surface area contributed by atoms with Crippen LogP contribution in [0.15, 0.2) is 42.7 Å². The van der Waals surface area contributed by atoms with E-state index in [9.17, 15) is 0 Å². The lowest BCUT2D eigenvalue weighted by molar-refractivity contribution is 0.426. The lowest BCUT2D eigenvalue weighted by atomic mass is 9.92. The largest absolute Gasteiger partial charge is 0.316 e. The van der Waals surface area contributed by atoms with Gasteiger partial charge in [0.1, 0.15) is 0 Å². The van der Waals surface area contributed by atoms with Crippen molar-refractivity contribution in [3.05, 3.63) is 59.7 Å². The van der Waals surface area contributed by atoms with Crippen LogP contribution in [0.1, 0.15) is 35.7 Å². The molecule has 0 bridgehead atoms. The van der Waals surface area contributed by atoms with Gasteiger partial charge in [-0.2, -0.15) is 0 Å². The highest BCUT2D eigenvalue weighted by atomic mass is 14.9. The summed E-state index contributed by atoms with van der Waals surface area (Å²) in [4.78, 5) is 9.02. The monoisotopic (exact) mass is 267 g/mol. The Morgan fingerprint density at radius 1 is 1.20 bits per heavy atom. The Bertz CT molecular complexity index is 553. The van der Waals surface area contributed by atoms with Gasteiger partial charge in [0.15, 0.2) is 0 Å². The first-order valence-electron chi connectivity index (χ1n) is 7.39. The summed E-state index contributed by atoms with van der Waals surface area (Å²) in [5.41, 5.74) is 3.90. The van der Waals surface area contributed by atoms with Crippen molar-refractivity contribution in [2.75, 3.05) is 7.05 Å². The number of hydrogen-bond acceptors (Lipinski definition) is 3. The van der Waals surface area contributed by atoms with Crippen LogP contribution in [0, 0.1) is 0 Å². The summed E-state index contributed by atoms with van der Waals surface area (Å²) in [5, 5.41) is 3.49. The molecule has 3 rings (SSSR count). The van der Waals surface area contributed by atoms with E-state index in [0.29, 0.717) is 12.0 Å². The smallest absolute Gasteiger partial charge is 0.0482 e. The molecule has 1 aliphatic rings. The summed E-state index contributed by atoms with van der Waals surface area (Å²) < 4.78 is 0. The minimum Gasteiger partial charge on any atom is -0.316 e. The fourth-order valence-electron chi connectivity index (χ4n) is 3.23. The van der Waals surface area contributed by atoms with E-state index < -0.39 is 0 Å². The van der Waals surface area contributed by atoms with Crippen LogP contribution in [0.4, 0.5) is 0 Å². The van der Waals surface area contributed by atoms with Crippen LogP contribution in [0.25, 0.3) is 0 Å². The molecule has 2 aromatic heterocycles. The Labute approximate surface area is 120 Å². The normalized spacial score (nSPS) is 18.8. The molecule has 0 spiro atoms. The Morgan fingerprint density at radius 3 is 2.90 bits per heavy atom. The van der Waals surface area contributed by atoms with E-state index in [0.717, 1.165) is 19.3 Å². The zero-order valence-corrected chi connectivity index (χ0v) is 11.9.